The number of carbonyl (C=O) groups excluding carboxylic acids is 1. The number of rotatable bonds is 9. The van der Waals surface area contributed by atoms with E-state index < -0.39 is 0 Å². The molecule has 0 aliphatic heterocycles. The smallest absolute Gasteiger partial charge is 0.251 e. The maximum atomic E-state index is 12.0. The van der Waals surface area contributed by atoms with Gasteiger partial charge in [-0.3, -0.25) is 15.1 Å². The molecule has 0 saturated carbocycles. The second kappa shape index (κ2) is 9.30. The molecule has 108 valence electrons. The zero-order valence-electron chi connectivity index (χ0n) is 12.4. The van der Waals surface area contributed by atoms with E-state index in [1.165, 1.54) is 0 Å². The number of hydrogen-bond donors (Lipinski definition) is 2. The Morgan fingerprint density at radius 1 is 1.33 bits per heavy atom. The van der Waals surface area contributed by atoms with Gasteiger partial charge in [0, 0.05) is 19.7 Å². The lowest BCUT2D eigenvalue weighted by atomic mass is 9.98. The molecular weight excluding hydrogens is 230 g/mol. The molecule has 5 nitrogen and oxygen atoms in total. The minimum absolute atomic E-state index is 0.118. The first kappa shape index (κ1) is 17.4. The average molecular weight is 259 g/mol. The Morgan fingerprint density at radius 2 is 1.89 bits per heavy atom. The van der Waals surface area contributed by atoms with Crippen molar-refractivity contribution >= 4 is 5.91 Å². The molecule has 0 aromatic carbocycles. The number of nitrogens with one attached hydrogen (secondary N) is 1. The number of nitrogens with two attached hydrogens (primary N) is 1. The van der Waals surface area contributed by atoms with Crippen molar-refractivity contribution in [3.8, 4) is 0 Å². The van der Waals surface area contributed by atoms with Crippen molar-refractivity contribution in [3.63, 3.8) is 0 Å². The van der Waals surface area contributed by atoms with Crippen LogP contribution in [0, 0.1) is 5.92 Å². The highest BCUT2D eigenvalue weighted by atomic mass is 16.5. The van der Waals surface area contributed by atoms with Crippen LogP contribution in [0.2, 0.25) is 0 Å². The molecule has 0 aromatic rings. The number of carbonyl (C=O) groups is 1. The van der Waals surface area contributed by atoms with Crippen LogP contribution in [-0.4, -0.2) is 43.2 Å². The van der Waals surface area contributed by atoms with Gasteiger partial charge in [0.05, 0.1) is 12.6 Å². The summed E-state index contributed by atoms with van der Waals surface area (Å²) in [5.41, 5.74) is 2.28. The van der Waals surface area contributed by atoms with Crippen molar-refractivity contribution in [1.82, 2.24) is 10.3 Å². The number of methoxy groups -OCH3 is 1. The molecule has 3 N–H and O–H groups in total. The molecule has 1 amide bonds. The van der Waals surface area contributed by atoms with E-state index in [-0.39, 0.29) is 17.9 Å². The normalized spacial score (nSPS) is 13.4. The van der Waals surface area contributed by atoms with Crippen LogP contribution in [0.5, 0.6) is 0 Å². The summed E-state index contributed by atoms with van der Waals surface area (Å²) < 4.78 is 5.15. The summed E-state index contributed by atoms with van der Waals surface area (Å²) in [7, 11) is 1.68. The van der Waals surface area contributed by atoms with Crippen molar-refractivity contribution in [2.75, 3.05) is 20.3 Å². The first-order valence-corrected chi connectivity index (χ1v) is 6.78. The fourth-order valence-electron chi connectivity index (χ4n) is 2.42. The minimum Gasteiger partial charge on any atom is -0.383 e. The number of ether oxygens (including phenoxy) is 1. The number of hydrazine groups is 1. The van der Waals surface area contributed by atoms with Crippen LogP contribution in [0.15, 0.2) is 0 Å². The van der Waals surface area contributed by atoms with Gasteiger partial charge in [0.25, 0.3) is 5.91 Å². The summed E-state index contributed by atoms with van der Waals surface area (Å²) in [6, 6.07) is 0.180. The molecule has 0 aliphatic carbocycles. The number of amides is 1. The fraction of sp³-hybridized carbons (Fsp3) is 0.923. The lowest BCUT2D eigenvalue weighted by Gasteiger charge is -2.38. The lowest BCUT2D eigenvalue weighted by molar-refractivity contribution is -0.129. The molecule has 0 rings (SSSR count). The third kappa shape index (κ3) is 4.92. The van der Waals surface area contributed by atoms with Gasteiger partial charge in [-0.15, -0.1) is 0 Å². The maximum absolute atomic E-state index is 12.0. The summed E-state index contributed by atoms with van der Waals surface area (Å²) in [4.78, 5) is 14.2. The number of nitrogens with zero attached hydrogens (tertiary/aromatic N) is 1. The molecule has 1 unspecified atom stereocenters. The molecule has 0 aliphatic rings. The zero-order chi connectivity index (χ0) is 14.1. The van der Waals surface area contributed by atoms with E-state index in [1.807, 2.05) is 13.8 Å². The van der Waals surface area contributed by atoms with E-state index >= 15 is 0 Å². The third-order valence-corrected chi connectivity index (χ3v) is 3.36. The summed E-state index contributed by atoms with van der Waals surface area (Å²) in [6.07, 6.45) is 2.03. The quantitative estimate of drug-likeness (QED) is 0.370. The van der Waals surface area contributed by atoms with Gasteiger partial charge in [-0.2, -0.15) is 0 Å². The van der Waals surface area contributed by atoms with Crippen LogP contribution in [0.3, 0.4) is 0 Å². The first-order chi connectivity index (χ1) is 8.53. The molecule has 0 heterocycles. The van der Waals surface area contributed by atoms with E-state index in [1.54, 1.807) is 7.11 Å². The molecule has 1 atom stereocenters. The molecular formula is C13H29N3O2. The van der Waals surface area contributed by atoms with Gasteiger partial charge in [0.1, 0.15) is 0 Å². The molecule has 0 fully saturated rings. The molecule has 0 saturated heterocycles. The van der Waals surface area contributed by atoms with Gasteiger partial charge in [-0.05, 0) is 18.8 Å². The van der Waals surface area contributed by atoms with Crippen LogP contribution >= 0.6 is 0 Å². The molecule has 0 aromatic heterocycles. The van der Waals surface area contributed by atoms with Crippen LogP contribution in [0.4, 0.5) is 0 Å². The number of hydrogen-bond acceptors (Lipinski definition) is 4. The van der Waals surface area contributed by atoms with E-state index in [0.29, 0.717) is 12.6 Å². The van der Waals surface area contributed by atoms with Crippen molar-refractivity contribution in [1.29, 1.82) is 0 Å². The highest BCUT2D eigenvalue weighted by molar-refractivity contribution is 5.81. The van der Waals surface area contributed by atoms with Gasteiger partial charge in [-0.1, -0.05) is 27.7 Å². The topological polar surface area (TPSA) is 67.6 Å². The highest BCUT2D eigenvalue weighted by Crippen LogP contribution is 2.18. The average Bonchev–Trinajstić information content (AvgIpc) is 2.36. The monoisotopic (exact) mass is 259 g/mol. The SMILES string of the molecule is CCC(CC)N(CCOC)C(C(=O)NN)C(C)C. The highest BCUT2D eigenvalue weighted by Gasteiger charge is 2.31. The standard InChI is InChI=1S/C13H29N3O2/c1-6-11(7-2)16(8-9-18-5)12(10(3)4)13(17)15-14/h10-12H,6-9,14H2,1-5H3,(H,15,17). The zero-order valence-corrected chi connectivity index (χ0v) is 12.4. The summed E-state index contributed by atoms with van der Waals surface area (Å²) >= 11 is 0. The summed E-state index contributed by atoms with van der Waals surface area (Å²) in [6.45, 7) is 9.75. The van der Waals surface area contributed by atoms with E-state index in [4.69, 9.17) is 10.6 Å². The maximum Gasteiger partial charge on any atom is 0.251 e. The van der Waals surface area contributed by atoms with Crippen LogP contribution in [0.1, 0.15) is 40.5 Å². The Labute approximate surface area is 111 Å². The first-order valence-electron chi connectivity index (χ1n) is 6.78. The van der Waals surface area contributed by atoms with E-state index in [9.17, 15) is 4.79 Å². The van der Waals surface area contributed by atoms with Crippen LogP contribution in [-0.2, 0) is 9.53 Å². The van der Waals surface area contributed by atoms with Gasteiger partial charge < -0.3 is 4.74 Å². The van der Waals surface area contributed by atoms with Gasteiger partial charge in [0.2, 0.25) is 0 Å². The van der Waals surface area contributed by atoms with Gasteiger partial charge >= 0.3 is 0 Å². The van der Waals surface area contributed by atoms with Gasteiger partial charge in [0.15, 0.2) is 0 Å². The minimum atomic E-state index is -0.199. The van der Waals surface area contributed by atoms with E-state index in [2.05, 4.69) is 24.2 Å². The Kier molecular flexibility index (Phi) is 8.97. The van der Waals surface area contributed by atoms with Crippen molar-refractivity contribution in [3.05, 3.63) is 0 Å². The van der Waals surface area contributed by atoms with Gasteiger partial charge in [-0.25, -0.2) is 5.84 Å². The fourth-order valence-corrected chi connectivity index (χ4v) is 2.42. The van der Waals surface area contributed by atoms with Crippen LogP contribution in [0.25, 0.3) is 0 Å². The summed E-state index contributed by atoms with van der Waals surface area (Å²) in [5, 5.41) is 0. The third-order valence-electron chi connectivity index (χ3n) is 3.36. The second-order valence-electron chi connectivity index (χ2n) is 4.90. The van der Waals surface area contributed by atoms with Crippen molar-refractivity contribution in [2.24, 2.45) is 11.8 Å². The Morgan fingerprint density at radius 3 is 2.22 bits per heavy atom. The van der Waals surface area contributed by atoms with Crippen LogP contribution < -0.4 is 11.3 Å². The molecule has 0 bridgehead atoms. The van der Waals surface area contributed by atoms with E-state index in [0.717, 1.165) is 19.4 Å². The second-order valence-corrected chi connectivity index (χ2v) is 4.90. The molecule has 0 radical (unpaired) electrons. The molecule has 5 heteroatoms. The lowest BCUT2D eigenvalue weighted by Crippen LogP contribution is -2.55. The predicted molar refractivity (Wildman–Crippen MR) is 73.9 cm³/mol. The molecule has 18 heavy (non-hydrogen) atoms. The Hall–Kier alpha value is -0.650. The van der Waals surface area contributed by atoms with Crippen molar-refractivity contribution in [2.45, 2.75) is 52.6 Å². The largest absolute Gasteiger partial charge is 0.383 e. The Balaban J connectivity index is 5.01. The predicted octanol–water partition coefficient (Wildman–Crippen LogP) is 1.14. The molecule has 0 spiro atoms. The van der Waals surface area contributed by atoms with Crippen molar-refractivity contribution < 1.29 is 9.53 Å². The summed E-state index contributed by atoms with van der Waals surface area (Å²) in [5.74, 6) is 5.40. The Bertz CT molecular complexity index is 230.